The molecule has 90 valence electrons. The van der Waals surface area contributed by atoms with Crippen LogP contribution in [0.4, 0.5) is 0 Å². The zero-order chi connectivity index (χ0) is 11.4. The molecular formula is C11H25N3O. The summed E-state index contributed by atoms with van der Waals surface area (Å²) in [6.45, 7) is 9.34. The van der Waals surface area contributed by atoms with E-state index >= 15 is 0 Å². The predicted molar refractivity (Wildman–Crippen MR) is 62.8 cm³/mol. The molecule has 1 saturated heterocycles. The van der Waals surface area contributed by atoms with Gasteiger partial charge >= 0.3 is 0 Å². The minimum absolute atomic E-state index is 0.245. The first-order valence-electron chi connectivity index (χ1n) is 5.81. The zero-order valence-electron chi connectivity index (χ0n) is 10.5. The van der Waals surface area contributed by atoms with Crippen molar-refractivity contribution >= 4 is 0 Å². The van der Waals surface area contributed by atoms with Crippen LogP contribution in [0.15, 0.2) is 0 Å². The van der Waals surface area contributed by atoms with Gasteiger partial charge in [-0.15, -0.1) is 0 Å². The highest BCUT2D eigenvalue weighted by Crippen LogP contribution is 2.08. The van der Waals surface area contributed by atoms with Crippen molar-refractivity contribution in [2.24, 2.45) is 0 Å². The van der Waals surface area contributed by atoms with E-state index in [-0.39, 0.29) is 6.10 Å². The van der Waals surface area contributed by atoms with Crippen LogP contribution in [-0.4, -0.2) is 78.9 Å². The minimum Gasteiger partial charge on any atom is -0.392 e. The Morgan fingerprint density at radius 2 is 1.73 bits per heavy atom. The van der Waals surface area contributed by atoms with Gasteiger partial charge in [0.15, 0.2) is 0 Å². The maximum absolute atomic E-state index is 9.34. The van der Waals surface area contributed by atoms with E-state index in [1.165, 1.54) is 0 Å². The highest BCUT2D eigenvalue weighted by molar-refractivity contribution is 4.74. The second kappa shape index (κ2) is 5.80. The largest absolute Gasteiger partial charge is 0.392 e. The number of rotatable bonds is 4. The van der Waals surface area contributed by atoms with Gasteiger partial charge in [0, 0.05) is 32.7 Å². The molecule has 0 aromatic rings. The topological polar surface area (TPSA) is 30.0 Å². The van der Waals surface area contributed by atoms with Crippen molar-refractivity contribution in [2.45, 2.75) is 26.1 Å². The summed E-state index contributed by atoms with van der Waals surface area (Å²) in [5, 5.41) is 9.34. The van der Waals surface area contributed by atoms with Gasteiger partial charge in [0.25, 0.3) is 0 Å². The monoisotopic (exact) mass is 215 g/mol. The maximum Gasteiger partial charge on any atom is 0.0639 e. The molecule has 0 saturated carbocycles. The van der Waals surface area contributed by atoms with E-state index in [4.69, 9.17) is 0 Å². The number of aliphatic hydroxyl groups is 1. The van der Waals surface area contributed by atoms with E-state index in [1.807, 2.05) is 6.92 Å². The lowest BCUT2D eigenvalue weighted by molar-refractivity contribution is 0.0165. The van der Waals surface area contributed by atoms with Gasteiger partial charge in [-0.2, -0.15) is 0 Å². The number of hydrogen-bond donors (Lipinski definition) is 1. The lowest BCUT2D eigenvalue weighted by Gasteiger charge is -2.40. The van der Waals surface area contributed by atoms with Crippen LogP contribution in [0.25, 0.3) is 0 Å². The number of hydrogen-bond acceptors (Lipinski definition) is 4. The quantitative estimate of drug-likeness (QED) is 0.709. The fourth-order valence-electron chi connectivity index (χ4n) is 2.04. The van der Waals surface area contributed by atoms with E-state index in [1.54, 1.807) is 0 Å². The Morgan fingerprint density at radius 3 is 2.20 bits per heavy atom. The first-order chi connectivity index (χ1) is 7.00. The summed E-state index contributed by atoms with van der Waals surface area (Å²) in [6, 6.07) is 0. The molecule has 1 fully saturated rings. The molecule has 2 atom stereocenters. The fraction of sp³-hybridized carbons (Fsp3) is 1.00. The minimum atomic E-state index is -0.245. The lowest BCUT2D eigenvalue weighted by atomic mass is 10.3. The van der Waals surface area contributed by atoms with Crippen molar-refractivity contribution in [3.63, 3.8) is 0 Å². The van der Waals surface area contributed by atoms with Gasteiger partial charge in [-0.3, -0.25) is 9.80 Å². The molecule has 1 rings (SSSR count). The highest BCUT2D eigenvalue weighted by Gasteiger charge is 2.22. The fourth-order valence-corrected chi connectivity index (χ4v) is 2.04. The van der Waals surface area contributed by atoms with E-state index in [9.17, 15) is 5.11 Å². The van der Waals surface area contributed by atoms with Crippen LogP contribution in [-0.2, 0) is 0 Å². The van der Waals surface area contributed by atoms with Crippen molar-refractivity contribution in [3.05, 3.63) is 0 Å². The van der Waals surface area contributed by atoms with Gasteiger partial charge in [-0.25, -0.2) is 0 Å². The van der Waals surface area contributed by atoms with Crippen LogP contribution in [0.2, 0.25) is 0 Å². The van der Waals surface area contributed by atoms with Crippen molar-refractivity contribution < 1.29 is 5.11 Å². The Morgan fingerprint density at radius 1 is 1.20 bits per heavy atom. The van der Waals surface area contributed by atoms with Crippen LogP contribution < -0.4 is 0 Å². The Bertz CT molecular complexity index is 179. The Labute approximate surface area is 93.5 Å². The number of nitrogens with zero attached hydrogens (tertiary/aromatic N) is 3. The smallest absolute Gasteiger partial charge is 0.0639 e. The molecule has 1 aliphatic rings. The Kier molecular flexibility index (Phi) is 4.99. The molecule has 2 unspecified atom stereocenters. The zero-order valence-corrected chi connectivity index (χ0v) is 10.5. The van der Waals surface area contributed by atoms with Crippen LogP contribution >= 0.6 is 0 Å². The number of aliphatic hydroxyl groups excluding tert-OH is 1. The summed E-state index contributed by atoms with van der Waals surface area (Å²) >= 11 is 0. The first kappa shape index (κ1) is 12.9. The Hall–Kier alpha value is -0.160. The summed E-state index contributed by atoms with van der Waals surface area (Å²) in [5.41, 5.74) is 0. The van der Waals surface area contributed by atoms with Crippen molar-refractivity contribution in [2.75, 3.05) is 46.8 Å². The van der Waals surface area contributed by atoms with Crippen LogP contribution in [0.1, 0.15) is 13.8 Å². The molecular weight excluding hydrogens is 190 g/mol. The average molecular weight is 215 g/mol. The van der Waals surface area contributed by atoms with Gasteiger partial charge in [0.1, 0.15) is 0 Å². The van der Waals surface area contributed by atoms with Gasteiger partial charge in [0.05, 0.1) is 12.3 Å². The molecule has 0 aromatic heterocycles. The molecule has 1 N–H and O–H groups in total. The van der Waals surface area contributed by atoms with Gasteiger partial charge in [-0.05, 0) is 27.9 Å². The standard InChI is InChI=1S/C11H25N3O/c1-10(15)9-13(4)11(2)14-7-5-12(3)6-8-14/h10-11,15H,5-9H2,1-4H3. The third kappa shape index (κ3) is 4.07. The summed E-state index contributed by atoms with van der Waals surface area (Å²) in [5.74, 6) is 0. The predicted octanol–water partition coefficient (Wildman–Crippen LogP) is -0.108. The molecule has 0 bridgehead atoms. The SMILES string of the molecule is CC(O)CN(C)C(C)N1CCN(C)CC1. The second-order valence-corrected chi connectivity index (χ2v) is 4.76. The van der Waals surface area contributed by atoms with E-state index in [2.05, 4.69) is 35.7 Å². The molecule has 1 heterocycles. The molecule has 15 heavy (non-hydrogen) atoms. The van der Waals surface area contributed by atoms with Crippen molar-refractivity contribution in [1.29, 1.82) is 0 Å². The van der Waals surface area contributed by atoms with Crippen molar-refractivity contribution in [1.82, 2.24) is 14.7 Å². The summed E-state index contributed by atoms with van der Waals surface area (Å²) < 4.78 is 0. The molecule has 4 nitrogen and oxygen atoms in total. The molecule has 0 amide bonds. The molecule has 0 radical (unpaired) electrons. The van der Waals surface area contributed by atoms with Gasteiger partial charge in [-0.1, -0.05) is 0 Å². The normalized spacial score (nSPS) is 24.4. The van der Waals surface area contributed by atoms with Crippen LogP contribution in [0.5, 0.6) is 0 Å². The number of likely N-dealkylation sites (N-methyl/N-ethyl adjacent to an activating group) is 2. The van der Waals surface area contributed by atoms with E-state index in [0.29, 0.717) is 6.17 Å². The average Bonchev–Trinajstić information content (AvgIpc) is 2.17. The summed E-state index contributed by atoms with van der Waals surface area (Å²) in [4.78, 5) is 7.05. The lowest BCUT2D eigenvalue weighted by Crippen LogP contribution is -2.54. The molecule has 0 aromatic carbocycles. The van der Waals surface area contributed by atoms with Gasteiger partial charge in [0.2, 0.25) is 0 Å². The molecule has 4 heteroatoms. The third-order valence-electron chi connectivity index (χ3n) is 3.26. The second-order valence-electron chi connectivity index (χ2n) is 4.76. The highest BCUT2D eigenvalue weighted by atomic mass is 16.3. The summed E-state index contributed by atoms with van der Waals surface area (Å²) in [6.07, 6.45) is 0.179. The summed E-state index contributed by atoms with van der Waals surface area (Å²) in [7, 11) is 4.25. The molecule has 1 aliphatic heterocycles. The molecule has 0 spiro atoms. The first-order valence-corrected chi connectivity index (χ1v) is 5.81. The maximum atomic E-state index is 9.34. The molecule has 0 aliphatic carbocycles. The van der Waals surface area contributed by atoms with Crippen LogP contribution in [0.3, 0.4) is 0 Å². The number of piperazine rings is 1. The third-order valence-corrected chi connectivity index (χ3v) is 3.26. The van der Waals surface area contributed by atoms with Crippen molar-refractivity contribution in [3.8, 4) is 0 Å². The van der Waals surface area contributed by atoms with Crippen LogP contribution in [0, 0.1) is 0 Å². The Balaban J connectivity index is 2.35. The van der Waals surface area contributed by atoms with E-state index < -0.39 is 0 Å². The van der Waals surface area contributed by atoms with E-state index in [0.717, 1.165) is 32.7 Å². The van der Waals surface area contributed by atoms with Gasteiger partial charge < -0.3 is 10.0 Å².